The molecule has 0 aliphatic carbocycles. The highest BCUT2D eigenvalue weighted by atomic mass is 19.1. The van der Waals surface area contributed by atoms with E-state index in [9.17, 15) is 9.18 Å². The highest BCUT2D eigenvalue weighted by molar-refractivity contribution is 5.84. The molecule has 0 radical (unpaired) electrons. The quantitative estimate of drug-likeness (QED) is 0.910. The van der Waals surface area contributed by atoms with Crippen LogP contribution in [0.3, 0.4) is 0 Å². The molecule has 0 unspecified atom stereocenters. The maximum atomic E-state index is 13.8. The smallest absolute Gasteiger partial charge is 0.412 e. The number of halogens is 1. The molecule has 1 N–H and O–H groups in total. The van der Waals surface area contributed by atoms with E-state index in [1.54, 1.807) is 20.8 Å². The summed E-state index contributed by atoms with van der Waals surface area (Å²) in [5.74, 6) is -0.709. The van der Waals surface area contributed by atoms with Gasteiger partial charge in [0.15, 0.2) is 5.82 Å². The van der Waals surface area contributed by atoms with Gasteiger partial charge in [-0.3, -0.25) is 5.32 Å². The molecule has 2 rings (SSSR count). The van der Waals surface area contributed by atoms with E-state index in [2.05, 4.69) is 20.5 Å². The summed E-state index contributed by atoms with van der Waals surface area (Å²) in [5.41, 5.74) is -0.442. The summed E-state index contributed by atoms with van der Waals surface area (Å²) in [5, 5.41) is 9.95. The van der Waals surface area contributed by atoms with Gasteiger partial charge in [-0.15, -0.1) is 4.80 Å². The first-order valence-corrected chi connectivity index (χ1v) is 5.87. The molecule has 0 atom stereocenters. The highest BCUT2D eigenvalue weighted by Crippen LogP contribution is 2.15. The van der Waals surface area contributed by atoms with Gasteiger partial charge in [-0.2, -0.15) is 10.2 Å². The van der Waals surface area contributed by atoms with Gasteiger partial charge in [-0.25, -0.2) is 14.2 Å². The van der Waals surface area contributed by atoms with E-state index >= 15 is 0 Å². The molecule has 1 amide bonds. The second kappa shape index (κ2) is 5.24. The van der Waals surface area contributed by atoms with E-state index in [1.165, 1.54) is 18.6 Å². The lowest BCUT2D eigenvalue weighted by atomic mass is 10.2. The van der Waals surface area contributed by atoms with Crippen LogP contribution in [0.25, 0.3) is 5.82 Å². The molecule has 0 saturated carbocycles. The molecule has 2 heterocycles. The van der Waals surface area contributed by atoms with Crippen molar-refractivity contribution in [2.45, 2.75) is 26.4 Å². The number of nitrogens with zero attached hydrogens (tertiary/aromatic N) is 4. The first-order valence-electron chi connectivity index (χ1n) is 5.87. The Hall–Kier alpha value is -2.51. The molecule has 0 spiro atoms. The van der Waals surface area contributed by atoms with Crippen LogP contribution in [0.1, 0.15) is 20.8 Å². The van der Waals surface area contributed by atoms with E-state index in [4.69, 9.17) is 4.74 Å². The molecule has 0 bridgehead atoms. The molecule has 0 fully saturated rings. The lowest BCUT2D eigenvalue weighted by Crippen LogP contribution is -2.27. The second-order valence-corrected chi connectivity index (χ2v) is 4.97. The number of anilines is 1. The van der Waals surface area contributed by atoms with Crippen LogP contribution < -0.4 is 5.32 Å². The van der Waals surface area contributed by atoms with Gasteiger partial charge in [0.1, 0.15) is 5.60 Å². The van der Waals surface area contributed by atoms with Crippen molar-refractivity contribution < 1.29 is 13.9 Å². The van der Waals surface area contributed by atoms with Crippen molar-refractivity contribution in [2.75, 3.05) is 5.32 Å². The average Bonchev–Trinajstić information content (AvgIpc) is 2.79. The van der Waals surface area contributed by atoms with Gasteiger partial charge < -0.3 is 4.74 Å². The summed E-state index contributed by atoms with van der Waals surface area (Å²) in [6.07, 6.45) is 3.44. The zero-order valence-corrected chi connectivity index (χ0v) is 11.3. The molecule has 8 heteroatoms. The maximum absolute atomic E-state index is 13.8. The van der Waals surface area contributed by atoms with Crippen LogP contribution in [0, 0.1) is 5.82 Å². The van der Waals surface area contributed by atoms with Gasteiger partial charge in [0.05, 0.1) is 24.3 Å². The normalized spacial score (nSPS) is 11.2. The van der Waals surface area contributed by atoms with Crippen molar-refractivity contribution >= 4 is 11.8 Å². The Bertz CT molecular complexity index is 607. The van der Waals surface area contributed by atoms with Gasteiger partial charge in [-0.1, -0.05) is 0 Å². The van der Waals surface area contributed by atoms with Crippen molar-refractivity contribution in [3.63, 3.8) is 0 Å². The zero-order valence-electron chi connectivity index (χ0n) is 11.3. The molecule has 20 heavy (non-hydrogen) atoms. The second-order valence-electron chi connectivity index (χ2n) is 4.97. The van der Waals surface area contributed by atoms with Crippen LogP contribution in [0.5, 0.6) is 0 Å². The van der Waals surface area contributed by atoms with E-state index in [0.717, 1.165) is 10.9 Å². The highest BCUT2D eigenvalue weighted by Gasteiger charge is 2.17. The monoisotopic (exact) mass is 279 g/mol. The molecule has 106 valence electrons. The Morgan fingerprint density at radius 1 is 1.35 bits per heavy atom. The minimum absolute atomic E-state index is 0.0512. The molecule has 2 aromatic rings. The minimum Gasteiger partial charge on any atom is -0.444 e. The van der Waals surface area contributed by atoms with Crippen LogP contribution in [0.2, 0.25) is 0 Å². The van der Waals surface area contributed by atoms with Crippen LogP contribution in [0.15, 0.2) is 24.7 Å². The van der Waals surface area contributed by atoms with E-state index in [0.29, 0.717) is 0 Å². The number of hydrogen-bond acceptors (Lipinski definition) is 5. The number of carbonyl (C=O) groups is 1. The Kier molecular flexibility index (Phi) is 3.64. The minimum atomic E-state index is -0.677. The number of carbonyl (C=O) groups excluding carboxylic acids is 1. The lowest BCUT2D eigenvalue weighted by Gasteiger charge is -2.19. The van der Waals surface area contributed by atoms with Crippen molar-refractivity contribution in [3.05, 3.63) is 30.5 Å². The summed E-state index contributed by atoms with van der Waals surface area (Å²) in [6, 6.07) is 1.12. The number of ether oxygens (including phenoxy) is 1. The van der Waals surface area contributed by atoms with Gasteiger partial charge in [-0.05, 0) is 20.8 Å². The van der Waals surface area contributed by atoms with Crippen LogP contribution in [-0.4, -0.2) is 31.7 Å². The Morgan fingerprint density at radius 3 is 2.55 bits per heavy atom. The molecule has 2 aromatic heterocycles. The molecule has 0 aliphatic rings. The summed E-state index contributed by atoms with van der Waals surface area (Å²) in [6.45, 7) is 5.20. The zero-order chi connectivity index (χ0) is 14.8. The SMILES string of the molecule is CC(C)(C)OC(=O)Nc1cnc(-n2nccn2)c(F)c1. The van der Waals surface area contributed by atoms with Crippen LogP contribution in [0.4, 0.5) is 14.9 Å². The van der Waals surface area contributed by atoms with Crippen LogP contribution in [-0.2, 0) is 4.74 Å². The molecular weight excluding hydrogens is 265 g/mol. The van der Waals surface area contributed by atoms with E-state index in [1.807, 2.05) is 0 Å². The predicted octanol–water partition coefficient (Wildman–Crippen LogP) is 2.15. The maximum Gasteiger partial charge on any atom is 0.412 e. The van der Waals surface area contributed by atoms with Crippen molar-refractivity contribution in [1.29, 1.82) is 0 Å². The third-order valence-corrected chi connectivity index (χ3v) is 2.08. The first kappa shape index (κ1) is 13.9. The van der Waals surface area contributed by atoms with Gasteiger partial charge in [0.2, 0.25) is 5.82 Å². The number of hydrogen-bond donors (Lipinski definition) is 1. The number of rotatable bonds is 2. The first-order chi connectivity index (χ1) is 9.35. The molecule has 0 aromatic carbocycles. The van der Waals surface area contributed by atoms with E-state index < -0.39 is 17.5 Å². The lowest BCUT2D eigenvalue weighted by molar-refractivity contribution is 0.0636. The third kappa shape index (κ3) is 3.50. The fourth-order valence-electron chi connectivity index (χ4n) is 1.39. The van der Waals surface area contributed by atoms with Crippen molar-refractivity contribution in [3.8, 4) is 5.82 Å². The fourth-order valence-corrected chi connectivity index (χ4v) is 1.39. The summed E-state index contributed by atoms with van der Waals surface area (Å²) in [4.78, 5) is 16.5. The Labute approximate surface area is 114 Å². The summed E-state index contributed by atoms with van der Waals surface area (Å²) in [7, 11) is 0. The molecular formula is C12H14FN5O2. The Balaban J connectivity index is 2.12. The standard InChI is InChI=1S/C12H14FN5O2/c1-12(2,3)20-11(19)17-8-6-9(13)10(14-7-8)18-15-4-5-16-18/h4-7H,1-3H3,(H,17,19). The molecule has 0 aliphatic heterocycles. The van der Waals surface area contributed by atoms with Gasteiger partial charge in [0.25, 0.3) is 0 Å². The third-order valence-electron chi connectivity index (χ3n) is 2.08. The molecule has 7 nitrogen and oxygen atoms in total. The number of nitrogens with one attached hydrogen (secondary N) is 1. The largest absolute Gasteiger partial charge is 0.444 e. The van der Waals surface area contributed by atoms with Crippen molar-refractivity contribution in [1.82, 2.24) is 20.0 Å². The fraction of sp³-hybridized carbons (Fsp3) is 0.333. The number of aromatic nitrogens is 4. The van der Waals surface area contributed by atoms with Crippen molar-refractivity contribution in [2.24, 2.45) is 0 Å². The predicted molar refractivity (Wildman–Crippen MR) is 69.0 cm³/mol. The summed E-state index contributed by atoms with van der Waals surface area (Å²) >= 11 is 0. The van der Waals surface area contributed by atoms with Gasteiger partial charge >= 0.3 is 6.09 Å². The Morgan fingerprint density at radius 2 is 2.00 bits per heavy atom. The summed E-state index contributed by atoms with van der Waals surface area (Å²) < 4.78 is 18.9. The van der Waals surface area contributed by atoms with Crippen LogP contribution >= 0.6 is 0 Å². The number of pyridine rings is 1. The molecule has 0 saturated heterocycles. The topological polar surface area (TPSA) is 81.9 Å². The average molecular weight is 279 g/mol. The number of amides is 1. The van der Waals surface area contributed by atoms with E-state index in [-0.39, 0.29) is 11.5 Å². The van der Waals surface area contributed by atoms with Gasteiger partial charge in [0, 0.05) is 6.07 Å².